The first-order valence-corrected chi connectivity index (χ1v) is 8.21. The van der Waals surface area contributed by atoms with Gasteiger partial charge in [0.15, 0.2) is 5.79 Å². The average molecular weight is 298 g/mol. The SMILES string of the molecule is CCC/C=C/[C@]1(CC)C[C@H](CC)[C@](O)(CC(=O)OCC)O1. The van der Waals surface area contributed by atoms with Crippen molar-refractivity contribution in [2.75, 3.05) is 6.61 Å². The molecular weight excluding hydrogens is 268 g/mol. The van der Waals surface area contributed by atoms with Gasteiger partial charge in [-0.05, 0) is 32.6 Å². The molecule has 0 unspecified atom stereocenters. The fraction of sp³-hybridized carbons (Fsp3) is 0.824. The van der Waals surface area contributed by atoms with Gasteiger partial charge in [-0.2, -0.15) is 0 Å². The smallest absolute Gasteiger partial charge is 0.311 e. The second-order valence-electron chi connectivity index (χ2n) is 5.85. The number of hydrogen-bond donors (Lipinski definition) is 1. The molecule has 0 amide bonds. The van der Waals surface area contributed by atoms with Gasteiger partial charge in [0.25, 0.3) is 0 Å². The Bertz CT molecular complexity index is 366. The first-order chi connectivity index (χ1) is 9.95. The third-order valence-corrected chi connectivity index (χ3v) is 4.28. The fourth-order valence-electron chi connectivity index (χ4n) is 3.02. The molecule has 1 heterocycles. The van der Waals surface area contributed by atoms with Crippen molar-refractivity contribution in [3.05, 3.63) is 12.2 Å². The van der Waals surface area contributed by atoms with E-state index in [4.69, 9.17) is 9.47 Å². The van der Waals surface area contributed by atoms with Gasteiger partial charge in [0.2, 0.25) is 0 Å². The number of aliphatic hydroxyl groups is 1. The maximum atomic E-state index is 11.7. The molecule has 0 aromatic heterocycles. The normalized spacial score (nSPS) is 32.7. The van der Waals surface area contributed by atoms with Crippen LogP contribution in [0.15, 0.2) is 12.2 Å². The zero-order valence-electron chi connectivity index (χ0n) is 13.9. The van der Waals surface area contributed by atoms with Crippen LogP contribution in [-0.2, 0) is 14.3 Å². The summed E-state index contributed by atoms with van der Waals surface area (Å²) in [6.45, 7) is 8.29. The number of ether oxygens (including phenoxy) is 2. The molecule has 0 spiro atoms. The molecule has 21 heavy (non-hydrogen) atoms. The maximum absolute atomic E-state index is 11.7. The third-order valence-electron chi connectivity index (χ3n) is 4.28. The van der Waals surface area contributed by atoms with Gasteiger partial charge in [-0.15, -0.1) is 0 Å². The molecule has 1 aliphatic heterocycles. The molecule has 122 valence electrons. The molecule has 4 nitrogen and oxygen atoms in total. The van der Waals surface area contributed by atoms with E-state index in [9.17, 15) is 9.90 Å². The van der Waals surface area contributed by atoms with E-state index in [-0.39, 0.29) is 12.3 Å². The van der Waals surface area contributed by atoms with E-state index >= 15 is 0 Å². The minimum Gasteiger partial charge on any atom is -0.466 e. The average Bonchev–Trinajstić information content (AvgIpc) is 2.72. The van der Waals surface area contributed by atoms with Crippen LogP contribution in [0.4, 0.5) is 0 Å². The van der Waals surface area contributed by atoms with Gasteiger partial charge in [0.05, 0.1) is 18.6 Å². The summed E-state index contributed by atoms with van der Waals surface area (Å²) in [6.07, 6.45) is 8.49. The number of hydrogen-bond acceptors (Lipinski definition) is 4. The molecular formula is C17H30O4. The Labute approximate surface area is 128 Å². The lowest BCUT2D eigenvalue weighted by molar-refractivity contribution is -0.235. The van der Waals surface area contributed by atoms with E-state index in [2.05, 4.69) is 26.0 Å². The van der Waals surface area contributed by atoms with Crippen LogP contribution >= 0.6 is 0 Å². The summed E-state index contributed by atoms with van der Waals surface area (Å²) in [4.78, 5) is 11.7. The summed E-state index contributed by atoms with van der Waals surface area (Å²) in [5.74, 6) is -1.86. The van der Waals surface area contributed by atoms with E-state index in [1.807, 2.05) is 6.92 Å². The Balaban J connectivity index is 2.87. The molecule has 0 saturated carbocycles. The van der Waals surface area contributed by atoms with Crippen LogP contribution in [-0.4, -0.2) is 29.1 Å². The van der Waals surface area contributed by atoms with Gasteiger partial charge in [-0.1, -0.05) is 39.3 Å². The van der Waals surface area contributed by atoms with Crippen molar-refractivity contribution in [2.45, 2.75) is 77.6 Å². The van der Waals surface area contributed by atoms with Crippen molar-refractivity contribution in [1.82, 2.24) is 0 Å². The van der Waals surface area contributed by atoms with E-state index < -0.39 is 17.4 Å². The molecule has 1 rings (SSSR count). The third kappa shape index (κ3) is 4.55. The van der Waals surface area contributed by atoms with Gasteiger partial charge in [-0.3, -0.25) is 4.79 Å². The van der Waals surface area contributed by atoms with Crippen molar-refractivity contribution < 1.29 is 19.4 Å². The predicted molar refractivity (Wildman–Crippen MR) is 82.8 cm³/mol. The van der Waals surface area contributed by atoms with Crippen LogP contribution in [0.2, 0.25) is 0 Å². The van der Waals surface area contributed by atoms with Crippen LogP contribution in [0.5, 0.6) is 0 Å². The highest BCUT2D eigenvalue weighted by atomic mass is 16.6. The number of unbranched alkanes of at least 4 members (excludes halogenated alkanes) is 1. The Kier molecular flexibility index (Phi) is 6.88. The second kappa shape index (κ2) is 7.95. The highest BCUT2D eigenvalue weighted by molar-refractivity contribution is 5.70. The highest BCUT2D eigenvalue weighted by Crippen LogP contribution is 2.47. The molecule has 1 N–H and O–H groups in total. The van der Waals surface area contributed by atoms with Gasteiger partial charge >= 0.3 is 5.97 Å². The van der Waals surface area contributed by atoms with Crippen molar-refractivity contribution in [3.8, 4) is 0 Å². The highest BCUT2D eigenvalue weighted by Gasteiger charge is 2.53. The first kappa shape index (κ1) is 18.2. The molecule has 0 aromatic carbocycles. The predicted octanol–water partition coefficient (Wildman–Crippen LogP) is 3.58. The van der Waals surface area contributed by atoms with Crippen molar-refractivity contribution in [3.63, 3.8) is 0 Å². The summed E-state index contributed by atoms with van der Waals surface area (Å²) >= 11 is 0. The summed E-state index contributed by atoms with van der Waals surface area (Å²) in [5, 5.41) is 10.8. The lowest BCUT2D eigenvalue weighted by atomic mass is 9.85. The Morgan fingerprint density at radius 1 is 1.38 bits per heavy atom. The Morgan fingerprint density at radius 2 is 2.10 bits per heavy atom. The van der Waals surface area contributed by atoms with Gasteiger partial charge in [0, 0.05) is 5.92 Å². The van der Waals surface area contributed by atoms with Crippen LogP contribution in [0.3, 0.4) is 0 Å². The zero-order chi connectivity index (χ0) is 15.9. The fourth-order valence-corrected chi connectivity index (χ4v) is 3.02. The summed E-state index contributed by atoms with van der Waals surface area (Å²) in [6, 6.07) is 0. The molecule has 0 bridgehead atoms. The van der Waals surface area contributed by atoms with Crippen molar-refractivity contribution in [2.24, 2.45) is 5.92 Å². The van der Waals surface area contributed by atoms with Crippen molar-refractivity contribution in [1.29, 1.82) is 0 Å². The second-order valence-corrected chi connectivity index (χ2v) is 5.85. The molecule has 1 fully saturated rings. The van der Waals surface area contributed by atoms with Crippen molar-refractivity contribution >= 4 is 5.97 Å². The molecule has 3 atom stereocenters. The largest absolute Gasteiger partial charge is 0.466 e. The lowest BCUT2D eigenvalue weighted by Gasteiger charge is -2.30. The van der Waals surface area contributed by atoms with Gasteiger partial charge in [0.1, 0.15) is 0 Å². The van der Waals surface area contributed by atoms with Crippen LogP contribution in [0.25, 0.3) is 0 Å². The standard InChI is InChI=1S/C17H30O4/c1-5-9-10-11-16(7-3)12-14(6-2)17(19,21-16)13-15(18)20-8-4/h10-11,14,19H,5-9,12-13H2,1-4H3/b11-10+/t14-,16+,17-/m0/s1. The quantitative estimate of drug-likeness (QED) is 0.549. The summed E-state index contributed by atoms with van der Waals surface area (Å²) in [7, 11) is 0. The summed E-state index contributed by atoms with van der Waals surface area (Å²) in [5.41, 5.74) is -0.461. The molecule has 1 aliphatic rings. The molecule has 0 radical (unpaired) electrons. The molecule has 0 aliphatic carbocycles. The number of carbonyl (C=O) groups excluding carboxylic acids is 1. The van der Waals surface area contributed by atoms with E-state index in [0.717, 1.165) is 32.1 Å². The van der Waals surface area contributed by atoms with Gasteiger partial charge in [-0.25, -0.2) is 0 Å². The Hall–Kier alpha value is -0.870. The van der Waals surface area contributed by atoms with E-state index in [1.165, 1.54) is 0 Å². The molecule has 1 saturated heterocycles. The summed E-state index contributed by atoms with van der Waals surface area (Å²) < 4.78 is 11.0. The first-order valence-electron chi connectivity index (χ1n) is 8.21. The topological polar surface area (TPSA) is 55.8 Å². The molecule has 4 heteroatoms. The number of carbonyl (C=O) groups is 1. The zero-order valence-corrected chi connectivity index (χ0v) is 13.9. The lowest BCUT2D eigenvalue weighted by Crippen LogP contribution is -2.40. The van der Waals surface area contributed by atoms with Crippen LogP contribution < -0.4 is 0 Å². The Morgan fingerprint density at radius 3 is 2.62 bits per heavy atom. The monoisotopic (exact) mass is 298 g/mol. The number of esters is 1. The minimum atomic E-state index is -1.41. The van der Waals surface area contributed by atoms with Crippen LogP contribution in [0, 0.1) is 5.92 Å². The maximum Gasteiger partial charge on any atom is 0.311 e. The van der Waals surface area contributed by atoms with Gasteiger partial charge < -0.3 is 14.6 Å². The van der Waals surface area contributed by atoms with Crippen LogP contribution in [0.1, 0.15) is 66.2 Å². The van der Waals surface area contributed by atoms with E-state index in [1.54, 1.807) is 6.92 Å². The molecule has 0 aromatic rings. The minimum absolute atomic E-state index is 0.0480. The number of rotatable bonds is 8. The van der Waals surface area contributed by atoms with E-state index in [0.29, 0.717) is 6.61 Å². The number of allylic oxidation sites excluding steroid dienone is 1.